The van der Waals surface area contributed by atoms with Gasteiger partial charge >= 0.3 is 0 Å². The molecule has 8 nitrogen and oxygen atoms in total. The fourth-order valence-corrected chi connectivity index (χ4v) is 3.84. The minimum Gasteiger partial charge on any atom is -0.508 e. The van der Waals surface area contributed by atoms with Crippen LogP contribution in [-0.4, -0.2) is 73.1 Å². The lowest BCUT2D eigenvalue weighted by Gasteiger charge is -2.26. The average molecular weight is 461 g/mol. The molecule has 1 fully saturated rings. The molecule has 0 spiro atoms. The van der Waals surface area contributed by atoms with Crippen molar-refractivity contribution in [2.75, 3.05) is 41.4 Å². The number of aromatic hydroxyl groups is 1. The van der Waals surface area contributed by atoms with E-state index in [9.17, 15) is 19.8 Å². The number of likely N-dealkylation sites (tertiary alicyclic amines) is 1. The van der Waals surface area contributed by atoms with Crippen molar-refractivity contribution in [2.24, 2.45) is 0 Å². The van der Waals surface area contributed by atoms with Gasteiger partial charge in [0.15, 0.2) is 0 Å². The minimum absolute atomic E-state index is 0.0445. The third kappa shape index (κ3) is 4.37. The number of rotatable bonds is 7. The van der Waals surface area contributed by atoms with Crippen molar-refractivity contribution in [2.45, 2.75) is 6.04 Å². The normalized spacial score (nSPS) is 17.8. The number of halogens is 1. The zero-order valence-corrected chi connectivity index (χ0v) is 19.0. The number of amides is 1. The van der Waals surface area contributed by atoms with Crippen molar-refractivity contribution >= 4 is 29.1 Å². The zero-order valence-electron chi connectivity index (χ0n) is 18.3. The molecule has 0 aromatic heterocycles. The first-order valence-corrected chi connectivity index (χ1v) is 10.2. The van der Waals surface area contributed by atoms with Crippen molar-refractivity contribution in [3.05, 3.63) is 58.1 Å². The van der Waals surface area contributed by atoms with Crippen LogP contribution in [0.3, 0.4) is 0 Å². The molecule has 2 N–H and O–H groups in total. The topological polar surface area (TPSA) is 99.5 Å². The maximum atomic E-state index is 13.1. The summed E-state index contributed by atoms with van der Waals surface area (Å²) in [5.74, 6) is -1.39. The number of likely N-dealkylation sites (N-methyl/N-ethyl adjacent to an activating group) is 1. The average Bonchev–Trinajstić information content (AvgIpc) is 3.02. The predicted molar refractivity (Wildman–Crippen MR) is 120 cm³/mol. The summed E-state index contributed by atoms with van der Waals surface area (Å²) in [4.78, 5) is 29.3. The molecule has 1 unspecified atom stereocenters. The number of methoxy groups -OCH3 is 2. The predicted octanol–water partition coefficient (Wildman–Crippen LogP) is 3.05. The smallest absolute Gasteiger partial charge is 0.295 e. The second-order valence-corrected chi connectivity index (χ2v) is 7.98. The monoisotopic (exact) mass is 460 g/mol. The Morgan fingerprint density at radius 1 is 1.09 bits per heavy atom. The van der Waals surface area contributed by atoms with Crippen LogP contribution in [0.5, 0.6) is 17.2 Å². The highest BCUT2D eigenvalue weighted by Gasteiger charge is 2.46. The Labute approximate surface area is 191 Å². The molecule has 2 aromatic carbocycles. The van der Waals surface area contributed by atoms with Gasteiger partial charge in [-0.25, -0.2) is 0 Å². The lowest BCUT2D eigenvalue weighted by atomic mass is 9.95. The van der Waals surface area contributed by atoms with E-state index in [1.165, 1.54) is 43.4 Å². The maximum Gasteiger partial charge on any atom is 0.295 e. The van der Waals surface area contributed by atoms with Gasteiger partial charge in [0.25, 0.3) is 11.7 Å². The van der Waals surface area contributed by atoms with E-state index in [2.05, 4.69) is 0 Å². The Morgan fingerprint density at radius 2 is 1.72 bits per heavy atom. The molecule has 0 bridgehead atoms. The number of phenolic OH excluding ortho intramolecular Hbond substituents is 1. The van der Waals surface area contributed by atoms with Gasteiger partial charge in [-0.2, -0.15) is 0 Å². The summed E-state index contributed by atoms with van der Waals surface area (Å²) in [5.41, 5.74) is 0.660. The molecule has 170 valence electrons. The lowest BCUT2D eigenvalue weighted by Crippen LogP contribution is -2.35. The summed E-state index contributed by atoms with van der Waals surface area (Å²) in [7, 11) is 6.55. The van der Waals surface area contributed by atoms with Gasteiger partial charge in [0.2, 0.25) is 0 Å². The Bertz CT molecular complexity index is 1060. The maximum absolute atomic E-state index is 13.1. The number of carbonyl (C=O) groups is 2. The lowest BCUT2D eigenvalue weighted by molar-refractivity contribution is -0.140. The number of hydrogen-bond donors (Lipinski definition) is 2. The van der Waals surface area contributed by atoms with Crippen molar-refractivity contribution in [1.29, 1.82) is 0 Å². The Hall–Kier alpha value is -3.23. The first-order valence-electron chi connectivity index (χ1n) is 9.83. The van der Waals surface area contributed by atoms with Crippen LogP contribution in [0, 0.1) is 0 Å². The van der Waals surface area contributed by atoms with Crippen molar-refractivity contribution in [3.8, 4) is 17.2 Å². The largest absolute Gasteiger partial charge is 0.508 e. The molecular weight excluding hydrogens is 436 g/mol. The van der Waals surface area contributed by atoms with Gasteiger partial charge in [-0.15, -0.1) is 0 Å². The molecule has 1 aliphatic rings. The summed E-state index contributed by atoms with van der Waals surface area (Å²) in [6.45, 7) is 0.778. The Morgan fingerprint density at radius 3 is 2.28 bits per heavy atom. The van der Waals surface area contributed by atoms with Gasteiger partial charge in [-0.05, 0) is 37.9 Å². The van der Waals surface area contributed by atoms with E-state index in [-0.39, 0.29) is 40.0 Å². The molecule has 9 heteroatoms. The van der Waals surface area contributed by atoms with Crippen LogP contribution in [0.2, 0.25) is 5.02 Å². The van der Waals surface area contributed by atoms with Crippen LogP contribution < -0.4 is 9.47 Å². The molecule has 1 atom stereocenters. The molecule has 1 amide bonds. The molecule has 32 heavy (non-hydrogen) atoms. The van der Waals surface area contributed by atoms with E-state index in [1.807, 2.05) is 19.0 Å². The summed E-state index contributed by atoms with van der Waals surface area (Å²) >= 11 is 6.17. The number of aliphatic hydroxyl groups is 1. The second kappa shape index (κ2) is 9.50. The van der Waals surface area contributed by atoms with E-state index in [1.54, 1.807) is 12.1 Å². The number of carbonyl (C=O) groups excluding carboxylic acids is 2. The van der Waals surface area contributed by atoms with Crippen molar-refractivity contribution in [3.63, 3.8) is 0 Å². The van der Waals surface area contributed by atoms with Gasteiger partial charge in [-0.3, -0.25) is 9.59 Å². The van der Waals surface area contributed by atoms with Crippen LogP contribution in [0.4, 0.5) is 0 Å². The molecule has 1 saturated heterocycles. The number of aliphatic hydroxyl groups excluding tert-OH is 1. The van der Waals surface area contributed by atoms with E-state index < -0.39 is 23.5 Å². The fraction of sp³-hybridized carbons (Fsp3) is 0.304. The van der Waals surface area contributed by atoms with E-state index in [0.717, 1.165) is 0 Å². The van der Waals surface area contributed by atoms with Crippen molar-refractivity contribution < 1.29 is 29.3 Å². The molecule has 0 radical (unpaired) electrons. The van der Waals surface area contributed by atoms with Gasteiger partial charge in [0, 0.05) is 19.2 Å². The van der Waals surface area contributed by atoms with Crippen LogP contribution >= 0.6 is 11.6 Å². The molecule has 1 aliphatic heterocycles. The molecule has 3 rings (SSSR count). The van der Waals surface area contributed by atoms with Crippen LogP contribution in [-0.2, 0) is 9.59 Å². The minimum atomic E-state index is -0.845. The first-order chi connectivity index (χ1) is 15.2. The highest BCUT2D eigenvalue weighted by atomic mass is 35.5. The summed E-state index contributed by atoms with van der Waals surface area (Å²) in [5, 5.41) is 21.2. The number of phenols is 1. The highest BCUT2D eigenvalue weighted by Crippen LogP contribution is 2.43. The first kappa shape index (κ1) is 23.4. The van der Waals surface area contributed by atoms with Crippen LogP contribution in [0.15, 0.2) is 42.0 Å². The Balaban J connectivity index is 2.23. The summed E-state index contributed by atoms with van der Waals surface area (Å²) in [6.07, 6.45) is 0. The quantitative estimate of drug-likeness (QED) is 0.372. The van der Waals surface area contributed by atoms with Gasteiger partial charge in [-0.1, -0.05) is 23.7 Å². The molecule has 0 saturated carbocycles. The molecule has 2 aromatic rings. The fourth-order valence-electron chi connectivity index (χ4n) is 3.61. The number of benzene rings is 2. The Kier molecular flexibility index (Phi) is 6.96. The molecule has 0 aliphatic carbocycles. The third-order valence-corrected chi connectivity index (χ3v) is 5.56. The van der Waals surface area contributed by atoms with E-state index in [4.69, 9.17) is 21.1 Å². The van der Waals surface area contributed by atoms with Crippen molar-refractivity contribution in [1.82, 2.24) is 9.80 Å². The second-order valence-electron chi connectivity index (χ2n) is 7.57. The number of ether oxygens (including phenoxy) is 2. The number of hydrogen-bond acceptors (Lipinski definition) is 7. The summed E-state index contributed by atoms with van der Waals surface area (Å²) in [6, 6.07) is 8.23. The van der Waals surface area contributed by atoms with E-state index in [0.29, 0.717) is 12.1 Å². The van der Waals surface area contributed by atoms with Gasteiger partial charge < -0.3 is 29.5 Å². The molecular formula is C23H25ClN2O6. The van der Waals surface area contributed by atoms with Crippen LogP contribution in [0.25, 0.3) is 5.76 Å². The van der Waals surface area contributed by atoms with Crippen LogP contribution in [0.1, 0.15) is 17.2 Å². The molecule has 1 heterocycles. The number of nitrogens with zero attached hydrogens (tertiary/aromatic N) is 2. The number of ketones is 1. The standard InChI is InChI=1S/C23H25ClN2O6/c1-25(2)9-10-26-20(13-5-7-14(27)8-6-13)19(22(29)23(26)30)21(28)15-11-18(32-4)16(24)12-17(15)31-3/h5-8,11-12,20,27-28H,9-10H2,1-4H3/b21-19+. The van der Waals surface area contributed by atoms with Gasteiger partial charge in [0.05, 0.1) is 36.4 Å². The number of Topliss-reactive ketones (excluding diaryl/α,β-unsaturated/α-hetero) is 1. The summed E-state index contributed by atoms with van der Waals surface area (Å²) < 4.78 is 10.6. The van der Waals surface area contributed by atoms with E-state index >= 15 is 0 Å². The SMILES string of the molecule is COc1cc(/C(O)=C2\C(=O)C(=O)N(CCN(C)C)C2c2ccc(O)cc2)c(OC)cc1Cl. The van der Waals surface area contributed by atoms with Gasteiger partial charge in [0.1, 0.15) is 23.0 Å². The highest BCUT2D eigenvalue weighted by molar-refractivity contribution is 6.46. The zero-order chi connectivity index (χ0) is 23.6. The third-order valence-electron chi connectivity index (χ3n) is 5.27.